The predicted molar refractivity (Wildman–Crippen MR) is 126 cm³/mol. The SMILES string of the molecule is O=C(OCc1ccccc1)c1ccc(CC(=O)[C@H](CC2CCCCC2)n2cnc(C(F)(F)F)c2)nc1. The Labute approximate surface area is 207 Å². The average Bonchev–Trinajstić information content (AvgIpc) is 3.38. The van der Waals surface area contributed by atoms with Crippen molar-refractivity contribution in [1.29, 1.82) is 0 Å². The number of hydrogen-bond acceptors (Lipinski definition) is 5. The Morgan fingerprint density at radius 2 is 1.78 bits per heavy atom. The lowest BCUT2D eigenvalue weighted by Crippen LogP contribution is -2.24. The Kier molecular flexibility index (Phi) is 8.18. The van der Waals surface area contributed by atoms with E-state index >= 15 is 0 Å². The Balaban J connectivity index is 1.42. The highest BCUT2D eigenvalue weighted by molar-refractivity contribution is 5.89. The van der Waals surface area contributed by atoms with E-state index in [2.05, 4.69) is 9.97 Å². The zero-order valence-electron chi connectivity index (χ0n) is 19.8. The van der Waals surface area contributed by atoms with Gasteiger partial charge < -0.3 is 9.30 Å². The molecule has 1 aromatic carbocycles. The van der Waals surface area contributed by atoms with Gasteiger partial charge in [-0.05, 0) is 30.0 Å². The lowest BCUT2D eigenvalue weighted by Gasteiger charge is -2.26. The molecule has 0 unspecified atom stereocenters. The van der Waals surface area contributed by atoms with Crippen LogP contribution in [0, 0.1) is 5.92 Å². The van der Waals surface area contributed by atoms with E-state index in [0.717, 1.165) is 50.2 Å². The molecule has 4 rings (SSSR count). The van der Waals surface area contributed by atoms with Crippen molar-refractivity contribution in [2.45, 2.75) is 63.8 Å². The number of ether oxygens (including phenoxy) is 1. The molecule has 36 heavy (non-hydrogen) atoms. The van der Waals surface area contributed by atoms with Crippen LogP contribution in [0.25, 0.3) is 0 Å². The zero-order valence-corrected chi connectivity index (χ0v) is 19.8. The number of ketones is 1. The smallest absolute Gasteiger partial charge is 0.434 e. The van der Waals surface area contributed by atoms with Crippen LogP contribution in [0.5, 0.6) is 0 Å². The van der Waals surface area contributed by atoms with Crippen molar-refractivity contribution >= 4 is 11.8 Å². The molecule has 0 spiro atoms. The molecule has 9 heteroatoms. The van der Waals surface area contributed by atoms with Gasteiger partial charge in [-0.1, -0.05) is 62.4 Å². The second-order valence-corrected chi connectivity index (χ2v) is 9.20. The molecule has 0 N–H and O–H groups in total. The molecule has 1 fully saturated rings. The lowest BCUT2D eigenvalue weighted by atomic mass is 9.83. The van der Waals surface area contributed by atoms with Gasteiger partial charge in [0.15, 0.2) is 11.5 Å². The van der Waals surface area contributed by atoms with Gasteiger partial charge in [0.25, 0.3) is 0 Å². The maximum absolute atomic E-state index is 13.3. The molecule has 2 aromatic heterocycles. The quantitative estimate of drug-likeness (QED) is 0.339. The molecule has 1 aliphatic carbocycles. The van der Waals surface area contributed by atoms with Crippen LogP contribution in [0.4, 0.5) is 13.2 Å². The van der Waals surface area contributed by atoms with Crippen molar-refractivity contribution in [3.8, 4) is 0 Å². The van der Waals surface area contributed by atoms with Gasteiger partial charge in [0.05, 0.1) is 24.4 Å². The van der Waals surface area contributed by atoms with Crippen molar-refractivity contribution in [3.05, 3.63) is 83.7 Å². The monoisotopic (exact) mass is 499 g/mol. The van der Waals surface area contributed by atoms with E-state index in [1.165, 1.54) is 16.8 Å². The van der Waals surface area contributed by atoms with E-state index in [4.69, 9.17) is 4.74 Å². The number of hydrogen-bond donors (Lipinski definition) is 0. The van der Waals surface area contributed by atoms with E-state index in [1.54, 1.807) is 6.07 Å². The standard InChI is InChI=1S/C27H28F3N3O3/c28-27(29,30)25-16-33(18-32-25)23(13-19-7-3-1-4-8-19)24(34)14-22-12-11-21(15-31-22)26(35)36-17-20-9-5-2-6-10-20/h2,5-6,9-12,15-16,18-19,23H,1,3-4,7-8,13-14,17H2/t23-/m0/s1. The number of aromatic nitrogens is 3. The number of alkyl halides is 3. The van der Waals surface area contributed by atoms with Gasteiger partial charge in [0.2, 0.25) is 0 Å². The molecule has 0 radical (unpaired) electrons. The van der Waals surface area contributed by atoms with Crippen LogP contribution in [0.15, 0.2) is 61.2 Å². The molecule has 190 valence electrons. The van der Waals surface area contributed by atoms with E-state index in [-0.39, 0.29) is 30.3 Å². The van der Waals surface area contributed by atoms with Crippen molar-refractivity contribution in [2.24, 2.45) is 5.92 Å². The average molecular weight is 500 g/mol. The molecular formula is C27H28F3N3O3. The third kappa shape index (κ3) is 6.80. The number of Topliss-reactive ketones (excluding diaryl/α,β-unsaturated/α-hetero) is 1. The summed E-state index contributed by atoms with van der Waals surface area (Å²) in [4.78, 5) is 33.3. The number of halogens is 3. The van der Waals surface area contributed by atoms with Gasteiger partial charge in [0.1, 0.15) is 6.61 Å². The van der Waals surface area contributed by atoms with Crippen LogP contribution in [0.3, 0.4) is 0 Å². The molecule has 0 aliphatic heterocycles. The minimum Gasteiger partial charge on any atom is -0.457 e. The van der Waals surface area contributed by atoms with Crippen LogP contribution in [0.1, 0.15) is 71.9 Å². The Hall–Kier alpha value is -3.49. The number of imidazole rings is 1. The van der Waals surface area contributed by atoms with Gasteiger partial charge in [-0.25, -0.2) is 9.78 Å². The highest BCUT2D eigenvalue weighted by Crippen LogP contribution is 2.33. The number of pyridine rings is 1. The van der Waals surface area contributed by atoms with Gasteiger partial charge in [-0.2, -0.15) is 13.2 Å². The molecule has 1 aliphatic rings. The summed E-state index contributed by atoms with van der Waals surface area (Å²) in [7, 11) is 0. The summed E-state index contributed by atoms with van der Waals surface area (Å²) in [5, 5.41) is 0. The van der Waals surface area contributed by atoms with Crippen molar-refractivity contribution in [2.75, 3.05) is 0 Å². The highest BCUT2D eigenvalue weighted by atomic mass is 19.4. The largest absolute Gasteiger partial charge is 0.457 e. The Morgan fingerprint density at radius 3 is 2.42 bits per heavy atom. The summed E-state index contributed by atoms with van der Waals surface area (Å²) in [6, 6.07) is 11.6. The first-order chi connectivity index (χ1) is 17.3. The van der Waals surface area contributed by atoms with E-state index in [0.29, 0.717) is 12.1 Å². The number of carbonyl (C=O) groups is 2. The third-order valence-electron chi connectivity index (χ3n) is 6.53. The second kappa shape index (κ2) is 11.5. The molecule has 3 aromatic rings. The summed E-state index contributed by atoms with van der Waals surface area (Å²) < 4.78 is 45.9. The summed E-state index contributed by atoms with van der Waals surface area (Å²) in [6.07, 6.45) is 4.37. The van der Waals surface area contributed by atoms with Crippen LogP contribution >= 0.6 is 0 Å². The predicted octanol–water partition coefficient (Wildman–Crippen LogP) is 5.98. The molecule has 0 bridgehead atoms. The topological polar surface area (TPSA) is 74.1 Å². The van der Waals surface area contributed by atoms with Crippen molar-refractivity contribution < 1.29 is 27.5 Å². The van der Waals surface area contributed by atoms with Gasteiger partial charge >= 0.3 is 12.1 Å². The van der Waals surface area contributed by atoms with Crippen molar-refractivity contribution in [1.82, 2.24) is 14.5 Å². The maximum atomic E-state index is 13.3. The van der Waals surface area contributed by atoms with Crippen LogP contribution in [-0.2, 0) is 28.7 Å². The number of esters is 1. The number of benzene rings is 1. The minimum absolute atomic E-state index is 0.0593. The van der Waals surface area contributed by atoms with Crippen LogP contribution < -0.4 is 0 Å². The first-order valence-electron chi connectivity index (χ1n) is 12.1. The molecule has 0 saturated heterocycles. The van der Waals surface area contributed by atoms with Crippen LogP contribution in [-0.4, -0.2) is 26.3 Å². The first-order valence-corrected chi connectivity index (χ1v) is 12.1. The number of rotatable bonds is 9. The minimum atomic E-state index is -4.57. The Bertz CT molecular complexity index is 1150. The first kappa shape index (κ1) is 25.6. The summed E-state index contributed by atoms with van der Waals surface area (Å²) in [5.41, 5.74) is 0.536. The number of nitrogens with zero attached hydrogens (tertiary/aromatic N) is 3. The molecular weight excluding hydrogens is 471 g/mol. The molecule has 1 saturated carbocycles. The number of carbonyl (C=O) groups excluding carboxylic acids is 2. The normalized spacial score (nSPS) is 15.4. The summed E-state index contributed by atoms with van der Waals surface area (Å²) >= 11 is 0. The molecule has 0 amide bonds. The maximum Gasteiger partial charge on any atom is 0.434 e. The summed E-state index contributed by atoms with van der Waals surface area (Å²) in [6.45, 7) is 0.133. The Morgan fingerprint density at radius 1 is 1.03 bits per heavy atom. The molecule has 2 heterocycles. The van der Waals surface area contributed by atoms with Gasteiger partial charge in [-0.15, -0.1) is 0 Å². The summed E-state index contributed by atoms with van der Waals surface area (Å²) in [5.74, 6) is -0.491. The lowest BCUT2D eigenvalue weighted by molar-refractivity contribution is -0.141. The third-order valence-corrected chi connectivity index (χ3v) is 6.53. The van der Waals surface area contributed by atoms with Crippen molar-refractivity contribution in [3.63, 3.8) is 0 Å². The van der Waals surface area contributed by atoms with Crippen LogP contribution in [0.2, 0.25) is 0 Å². The second-order valence-electron chi connectivity index (χ2n) is 9.20. The van der Waals surface area contributed by atoms with E-state index in [1.807, 2.05) is 30.3 Å². The van der Waals surface area contributed by atoms with Gasteiger partial charge in [-0.3, -0.25) is 9.78 Å². The zero-order chi connectivity index (χ0) is 25.5. The fourth-order valence-electron chi connectivity index (χ4n) is 4.56. The fourth-order valence-corrected chi connectivity index (χ4v) is 4.56. The fraction of sp³-hybridized carbons (Fsp3) is 0.407. The molecule has 1 atom stereocenters. The van der Waals surface area contributed by atoms with E-state index < -0.39 is 23.9 Å². The van der Waals surface area contributed by atoms with Gasteiger partial charge in [0, 0.05) is 18.1 Å². The highest BCUT2D eigenvalue weighted by Gasteiger charge is 2.35. The van der Waals surface area contributed by atoms with E-state index in [9.17, 15) is 22.8 Å². The molecule has 6 nitrogen and oxygen atoms in total.